The number of nitrogens with two attached hydrogens (primary N) is 1. The summed E-state index contributed by atoms with van der Waals surface area (Å²) < 4.78 is 31.9. The maximum atomic E-state index is 12.5. The van der Waals surface area contributed by atoms with E-state index in [1.54, 1.807) is 6.07 Å². The number of likely N-dealkylation sites (tertiary alicyclic amines) is 1. The van der Waals surface area contributed by atoms with E-state index in [9.17, 15) is 13.2 Å². The number of rotatable bonds is 5. The zero-order valence-corrected chi connectivity index (χ0v) is 13.9. The van der Waals surface area contributed by atoms with Crippen LogP contribution in [0.5, 0.6) is 0 Å². The second kappa shape index (κ2) is 6.62. The molecular formula is C15H23N3O4S. The second-order valence-electron chi connectivity index (χ2n) is 6.22. The zero-order valence-electron chi connectivity index (χ0n) is 13.1. The van der Waals surface area contributed by atoms with Crippen LogP contribution in [0.15, 0.2) is 21.6 Å². The van der Waals surface area contributed by atoms with Gasteiger partial charge in [0, 0.05) is 13.1 Å². The number of hydrogen-bond donors (Lipinski definition) is 1. The van der Waals surface area contributed by atoms with E-state index in [2.05, 4.69) is 0 Å². The molecule has 0 aromatic carbocycles. The lowest BCUT2D eigenvalue weighted by Gasteiger charge is -2.32. The van der Waals surface area contributed by atoms with E-state index in [1.807, 2.05) is 4.90 Å². The van der Waals surface area contributed by atoms with Crippen LogP contribution < -0.4 is 5.73 Å². The van der Waals surface area contributed by atoms with Crippen LogP contribution in [0, 0.1) is 0 Å². The Balaban J connectivity index is 1.73. The fourth-order valence-corrected chi connectivity index (χ4v) is 4.79. The predicted molar refractivity (Wildman–Crippen MR) is 83.9 cm³/mol. The minimum atomic E-state index is -3.53. The molecule has 7 nitrogen and oxygen atoms in total. The highest BCUT2D eigenvalue weighted by molar-refractivity contribution is 7.89. The molecule has 0 radical (unpaired) electrons. The summed E-state index contributed by atoms with van der Waals surface area (Å²) in [7, 11) is -3.53. The minimum Gasteiger partial charge on any atom is -0.447 e. The number of carbonyl (C=O) groups excluding carboxylic acids is 1. The lowest BCUT2D eigenvalue weighted by atomic mass is 10.0. The third-order valence-electron chi connectivity index (χ3n) is 4.60. The molecule has 1 aromatic rings. The molecule has 0 saturated carbocycles. The summed E-state index contributed by atoms with van der Waals surface area (Å²) in [6.07, 6.45) is 4.51. The van der Waals surface area contributed by atoms with Gasteiger partial charge in [-0.05, 0) is 44.4 Å². The van der Waals surface area contributed by atoms with Gasteiger partial charge in [0.15, 0.2) is 0 Å². The van der Waals surface area contributed by atoms with Gasteiger partial charge in [-0.2, -0.15) is 4.31 Å². The van der Waals surface area contributed by atoms with Crippen LogP contribution in [0.1, 0.15) is 37.9 Å². The summed E-state index contributed by atoms with van der Waals surface area (Å²) in [6.45, 7) is 2.27. The molecule has 1 unspecified atom stereocenters. The summed E-state index contributed by atoms with van der Waals surface area (Å²) in [5.74, 6) is 0.220. The summed E-state index contributed by atoms with van der Waals surface area (Å²) in [6, 6.07) is 2.88. The normalized spacial score (nSPS) is 24.1. The monoisotopic (exact) mass is 341 g/mol. The molecule has 0 spiro atoms. The minimum absolute atomic E-state index is 0.0120. The molecule has 3 rings (SSSR count). The molecule has 2 aliphatic heterocycles. The predicted octanol–water partition coefficient (Wildman–Crippen LogP) is 0.904. The molecule has 23 heavy (non-hydrogen) atoms. The Kier molecular flexibility index (Phi) is 4.74. The van der Waals surface area contributed by atoms with Gasteiger partial charge in [-0.1, -0.05) is 6.42 Å². The molecule has 0 aliphatic carbocycles. The molecule has 2 fully saturated rings. The van der Waals surface area contributed by atoms with Crippen LogP contribution in [0.3, 0.4) is 0 Å². The molecule has 2 N–H and O–H groups in total. The fraction of sp³-hybridized carbons (Fsp3) is 0.667. The first kappa shape index (κ1) is 16.5. The molecule has 8 heteroatoms. The Hall–Kier alpha value is -1.38. The number of furan rings is 1. The van der Waals surface area contributed by atoms with Gasteiger partial charge in [0.05, 0.1) is 12.6 Å². The number of piperidine rings is 1. The van der Waals surface area contributed by atoms with Gasteiger partial charge < -0.3 is 10.2 Å². The quantitative estimate of drug-likeness (QED) is 0.858. The van der Waals surface area contributed by atoms with Gasteiger partial charge in [-0.15, -0.1) is 0 Å². The Morgan fingerprint density at radius 2 is 1.87 bits per heavy atom. The van der Waals surface area contributed by atoms with Crippen LogP contribution >= 0.6 is 0 Å². The van der Waals surface area contributed by atoms with Crippen LogP contribution in [0.25, 0.3) is 0 Å². The van der Waals surface area contributed by atoms with Crippen LogP contribution in [0.2, 0.25) is 0 Å². The first-order chi connectivity index (χ1) is 11.0. The van der Waals surface area contributed by atoms with Gasteiger partial charge in [0.25, 0.3) is 10.0 Å². The molecule has 3 heterocycles. The van der Waals surface area contributed by atoms with Crippen molar-refractivity contribution in [3.05, 3.63) is 17.9 Å². The first-order valence-corrected chi connectivity index (χ1v) is 9.55. The topological polar surface area (TPSA) is 96.8 Å². The number of nitrogens with zero attached hydrogens (tertiary/aromatic N) is 2. The molecular weight excluding hydrogens is 318 g/mol. The average molecular weight is 341 g/mol. The van der Waals surface area contributed by atoms with E-state index in [0.717, 1.165) is 38.6 Å². The molecule has 1 aromatic heterocycles. The maximum Gasteiger partial charge on any atom is 0.276 e. The average Bonchev–Trinajstić information content (AvgIpc) is 3.19. The van der Waals surface area contributed by atoms with Gasteiger partial charge in [-0.25, -0.2) is 8.42 Å². The van der Waals surface area contributed by atoms with Gasteiger partial charge >= 0.3 is 0 Å². The fourth-order valence-electron chi connectivity index (χ4n) is 3.34. The van der Waals surface area contributed by atoms with Crippen molar-refractivity contribution >= 4 is 15.9 Å². The lowest BCUT2D eigenvalue weighted by molar-refractivity contribution is -0.124. The largest absolute Gasteiger partial charge is 0.447 e. The van der Waals surface area contributed by atoms with Crippen molar-refractivity contribution in [2.75, 3.05) is 19.6 Å². The van der Waals surface area contributed by atoms with Crippen LogP contribution in [-0.4, -0.2) is 49.2 Å². The molecule has 1 amide bonds. The SMILES string of the molecule is NC(=O)C1CCCCN1Cc1ccc(S(=O)(=O)N2CCCC2)o1. The second-order valence-corrected chi connectivity index (χ2v) is 8.09. The standard InChI is InChI=1S/C15H23N3O4S/c16-15(19)13-5-1-2-8-17(13)11-12-6-7-14(22-12)23(20,21)18-9-3-4-10-18/h6-7,13H,1-5,8-11H2,(H2,16,19). The van der Waals surface area contributed by atoms with Crippen molar-refractivity contribution in [2.45, 2.75) is 49.8 Å². The Morgan fingerprint density at radius 3 is 2.57 bits per heavy atom. The highest BCUT2D eigenvalue weighted by Gasteiger charge is 2.31. The van der Waals surface area contributed by atoms with Crippen LogP contribution in [-0.2, 0) is 21.4 Å². The third-order valence-corrected chi connectivity index (χ3v) is 6.37. The van der Waals surface area contributed by atoms with E-state index in [-0.39, 0.29) is 17.0 Å². The number of hydrogen-bond acceptors (Lipinski definition) is 5. The molecule has 1 atom stereocenters. The van der Waals surface area contributed by atoms with Gasteiger partial charge in [-0.3, -0.25) is 9.69 Å². The summed E-state index contributed by atoms with van der Waals surface area (Å²) in [4.78, 5) is 13.5. The van der Waals surface area contributed by atoms with Gasteiger partial charge in [0.2, 0.25) is 11.0 Å². The van der Waals surface area contributed by atoms with E-state index < -0.39 is 10.0 Å². The summed E-state index contributed by atoms with van der Waals surface area (Å²) in [5, 5.41) is -0.0120. The molecule has 128 valence electrons. The maximum absolute atomic E-state index is 12.5. The van der Waals surface area contributed by atoms with Crippen molar-refractivity contribution in [2.24, 2.45) is 5.73 Å². The number of sulfonamides is 1. The summed E-state index contributed by atoms with van der Waals surface area (Å²) >= 11 is 0. The van der Waals surface area contributed by atoms with E-state index in [1.165, 1.54) is 10.4 Å². The van der Waals surface area contributed by atoms with Crippen molar-refractivity contribution in [1.29, 1.82) is 0 Å². The third kappa shape index (κ3) is 3.44. The van der Waals surface area contributed by atoms with E-state index in [0.29, 0.717) is 25.4 Å². The Morgan fingerprint density at radius 1 is 1.17 bits per heavy atom. The first-order valence-electron chi connectivity index (χ1n) is 8.11. The van der Waals surface area contributed by atoms with Crippen LogP contribution in [0.4, 0.5) is 0 Å². The van der Waals surface area contributed by atoms with Crippen molar-refractivity contribution in [3.8, 4) is 0 Å². The smallest absolute Gasteiger partial charge is 0.276 e. The van der Waals surface area contributed by atoms with E-state index >= 15 is 0 Å². The van der Waals surface area contributed by atoms with Crippen molar-refractivity contribution < 1.29 is 17.6 Å². The molecule has 2 aliphatic rings. The Labute approximate surface area is 136 Å². The molecule has 0 bridgehead atoms. The Bertz CT molecular complexity index is 664. The highest BCUT2D eigenvalue weighted by Crippen LogP contribution is 2.25. The number of carbonyl (C=O) groups is 1. The highest BCUT2D eigenvalue weighted by atomic mass is 32.2. The van der Waals surface area contributed by atoms with Gasteiger partial charge in [0.1, 0.15) is 5.76 Å². The zero-order chi connectivity index (χ0) is 16.4. The van der Waals surface area contributed by atoms with Crippen molar-refractivity contribution in [3.63, 3.8) is 0 Å². The lowest BCUT2D eigenvalue weighted by Crippen LogP contribution is -2.47. The summed E-state index contributed by atoms with van der Waals surface area (Å²) in [5.41, 5.74) is 5.45. The number of amides is 1. The molecule has 2 saturated heterocycles. The number of primary amides is 1. The van der Waals surface area contributed by atoms with Crippen molar-refractivity contribution in [1.82, 2.24) is 9.21 Å². The van der Waals surface area contributed by atoms with E-state index in [4.69, 9.17) is 10.2 Å².